The van der Waals surface area contributed by atoms with Crippen molar-refractivity contribution in [3.63, 3.8) is 0 Å². The molecule has 0 spiro atoms. The molecule has 1 heterocycles. The van der Waals surface area contributed by atoms with Gasteiger partial charge in [-0.1, -0.05) is 98.8 Å². The summed E-state index contributed by atoms with van der Waals surface area (Å²) in [5.41, 5.74) is 2.82. The molecule has 1 saturated heterocycles. The van der Waals surface area contributed by atoms with E-state index in [-0.39, 0.29) is 43.1 Å². The Morgan fingerprint density at radius 2 is 1.29 bits per heavy atom. The molecule has 0 amide bonds. The van der Waals surface area contributed by atoms with Crippen LogP contribution in [0.25, 0.3) is 0 Å². The number of aliphatic hydroxyl groups excluding tert-OH is 1. The minimum Gasteiger partial charge on any atom is -0.469 e. The van der Waals surface area contributed by atoms with Crippen LogP contribution in [0.15, 0.2) is 84.9 Å². The van der Waals surface area contributed by atoms with Gasteiger partial charge in [-0.25, -0.2) is 0 Å². The summed E-state index contributed by atoms with van der Waals surface area (Å²) in [5, 5.41) is 9.63. The maximum absolute atomic E-state index is 11.7. The zero-order chi connectivity index (χ0) is 30.7. The van der Waals surface area contributed by atoms with E-state index in [0.717, 1.165) is 22.3 Å². The van der Waals surface area contributed by atoms with Crippen LogP contribution in [0.2, 0.25) is 0 Å². The van der Waals surface area contributed by atoms with Crippen molar-refractivity contribution in [3.05, 3.63) is 107 Å². The summed E-state index contributed by atoms with van der Waals surface area (Å²) in [6.07, 6.45) is -1.47. The van der Waals surface area contributed by atoms with Crippen LogP contribution in [0, 0.1) is 11.8 Å². The summed E-state index contributed by atoms with van der Waals surface area (Å²) in [4.78, 5) is 21.3. The van der Waals surface area contributed by atoms with Crippen molar-refractivity contribution < 1.29 is 38.4 Å². The first-order valence-electron chi connectivity index (χ1n) is 14.0. The number of carbonyl (C=O) groups excluding carboxylic acids is 2. The number of benzene rings is 3. The molecule has 2 unspecified atom stereocenters. The van der Waals surface area contributed by atoms with Gasteiger partial charge in [0.1, 0.15) is 5.60 Å². The molecule has 8 heteroatoms. The first kappa shape index (κ1) is 32.9. The number of rotatable bonds is 9. The van der Waals surface area contributed by atoms with Gasteiger partial charge in [-0.2, -0.15) is 0 Å². The molecule has 0 aliphatic carbocycles. The summed E-state index contributed by atoms with van der Waals surface area (Å²) in [6.45, 7) is 7.15. The molecule has 0 bridgehead atoms. The second-order valence-corrected chi connectivity index (χ2v) is 10.3. The highest BCUT2D eigenvalue weighted by Crippen LogP contribution is 2.42. The van der Waals surface area contributed by atoms with Crippen molar-refractivity contribution in [1.29, 1.82) is 0 Å². The summed E-state index contributed by atoms with van der Waals surface area (Å²) in [6, 6.07) is 28.1. The number of aliphatic hydroxyl groups is 1. The van der Waals surface area contributed by atoms with Crippen molar-refractivity contribution in [1.82, 2.24) is 0 Å². The summed E-state index contributed by atoms with van der Waals surface area (Å²) in [5.74, 6) is -0.562. The highest BCUT2D eigenvalue weighted by atomic mass is 16.7. The Bertz CT molecular complexity index is 1200. The van der Waals surface area contributed by atoms with Gasteiger partial charge in [-0.3, -0.25) is 9.59 Å². The van der Waals surface area contributed by atoms with Gasteiger partial charge in [-0.05, 0) is 28.2 Å². The fraction of sp³-hybridized carbons (Fsp3) is 0.412. The van der Waals surface area contributed by atoms with E-state index in [4.69, 9.17) is 18.9 Å². The zero-order valence-electron chi connectivity index (χ0n) is 25.2. The second kappa shape index (κ2) is 15.6. The van der Waals surface area contributed by atoms with Crippen molar-refractivity contribution in [2.75, 3.05) is 20.8 Å². The quantitative estimate of drug-likeness (QED) is 0.272. The van der Waals surface area contributed by atoms with E-state index in [1.165, 1.54) is 21.0 Å². The van der Waals surface area contributed by atoms with E-state index in [9.17, 15) is 14.7 Å². The van der Waals surface area contributed by atoms with Gasteiger partial charge in [0.05, 0.1) is 26.4 Å². The van der Waals surface area contributed by atoms with Gasteiger partial charge < -0.3 is 28.8 Å². The molecule has 1 aliphatic rings. The molecule has 0 aromatic heterocycles. The number of carbonyl (C=O) groups is 2. The average molecular weight is 579 g/mol. The Kier molecular flexibility index (Phi) is 12.2. The van der Waals surface area contributed by atoms with E-state index in [1.54, 1.807) is 7.11 Å². The fourth-order valence-corrected chi connectivity index (χ4v) is 5.14. The Hall–Kier alpha value is -3.56. The summed E-state index contributed by atoms with van der Waals surface area (Å²) >= 11 is 0. The molecule has 0 saturated carbocycles. The largest absolute Gasteiger partial charge is 0.469 e. The third-order valence-electron chi connectivity index (χ3n) is 7.70. The average Bonchev–Trinajstić information content (AvgIpc) is 3.02. The number of ether oxygens (including phenoxy) is 5. The molecule has 3 aromatic carbocycles. The summed E-state index contributed by atoms with van der Waals surface area (Å²) < 4.78 is 28.5. The van der Waals surface area contributed by atoms with E-state index in [1.807, 2.05) is 60.7 Å². The smallest absolute Gasteiger partial charge is 0.303 e. The molecular formula is C34H42O8. The second-order valence-electron chi connectivity index (χ2n) is 10.3. The lowest BCUT2D eigenvalue weighted by molar-refractivity contribution is -0.276. The van der Waals surface area contributed by atoms with Crippen LogP contribution in [0.1, 0.15) is 49.9 Å². The molecular weight excluding hydrogens is 536 g/mol. The third-order valence-corrected chi connectivity index (χ3v) is 7.70. The van der Waals surface area contributed by atoms with Gasteiger partial charge >= 0.3 is 11.9 Å². The molecule has 1 N–H and O–H groups in total. The summed E-state index contributed by atoms with van der Waals surface area (Å²) in [7, 11) is 2.91. The molecule has 4 rings (SSSR count). The molecule has 1 fully saturated rings. The maximum atomic E-state index is 11.7. The Morgan fingerprint density at radius 1 is 0.786 bits per heavy atom. The van der Waals surface area contributed by atoms with Crippen LogP contribution in [0.5, 0.6) is 0 Å². The number of esters is 2. The monoisotopic (exact) mass is 578 g/mol. The van der Waals surface area contributed by atoms with Gasteiger partial charge in [-0.15, -0.1) is 0 Å². The maximum Gasteiger partial charge on any atom is 0.303 e. The van der Waals surface area contributed by atoms with Gasteiger partial charge in [0.25, 0.3) is 0 Å². The first-order chi connectivity index (χ1) is 20.2. The van der Waals surface area contributed by atoms with E-state index in [2.05, 4.69) is 42.8 Å². The normalized spacial score (nSPS) is 21.9. The minimum atomic E-state index is -0.919. The van der Waals surface area contributed by atoms with Crippen molar-refractivity contribution >= 4 is 11.9 Å². The minimum absolute atomic E-state index is 0.00267. The van der Waals surface area contributed by atoms with Crippen LogP contribution in [0.3, 0.4) is 0 Å². The zero-order valence-corrected chi connectivity index (χ0v) is 25.2. The lowest BCUT2D eigenvalue weighted by Crippen LogP contribution is -2.53. The molecule has 5 atom stereocenters. The predicted molar refractivity (Wildman–Crippen MR) is 158 cm³/mol. The molecule has 8 nitrogen and oxygen atoms in total. The number of methoxy groups -OCH3 is 2. The molecule has 226 valence electrons. The van der Waals surface area contributed by atoms with E-state index >= 15 is 0 Å². The van der Waals surface area contributed by atoms with Crippen molar-refractivity contribution in [2.45, 2.75) is 58.4 Å². The topological polar surface area (TPSA) is 101 Å². The van der Waals surface area contributed by atoms with Crippen LogP contribution in [-0.4, -0.2) is 56.4 Å². The Morgan fingerprint density at radius 3 is 1.71 bits per heavy atom. The van der Waals surface area contributed by atoms with Crippen molar-refractivity contribution in [2.24, 2.45) is 11.8 Å². The predicted octanol–water partition coefficient (Wildman–Crippen LogP) is 5.24. The SMILES string of the molecule is COC(C)=O.CO[C@H]1OC(COC(c2ccccc2)(c2ccccc2)c2ccc(CO)cc2)[C@@H](C)[C@H](C)C1OC(C)=O. The number of hydrogen-bond acceptors (Lipinski definition) is 8. The van der Waals surface area contributed by atoms with E-state index in [0.29, 0.717) is 0 Å². The van der Waals surface area contributed by atoms with Crippen molar-refractivity contribution in [3.8, 4) is 0 Å². The highest BCUT2D eigenvalue weighted by molar-refractivity contribution is 5.66. The standard InChI is InChI=1S/C31H36O6.C3H6O2/c1-21-22(2)29(36-23(3)33)30(34-4)37-28(21)20-35-31(25-11-7-5-8-12-25,26-13-9-6-10-14-26)27-17-15-24(19-32)16-18-27;1-3(4)5-2/h5-18,21-22,28-30,32H,19-20H2,1-4H3;1-2H3/t21-,22-,28?,29?,30-;/m0./s1. The van der Waals surface area contributed by atoms with Crippen LogP contribution in [-0.2, 0) is 45.5 Å². The number of hydrogen-bond donors (Lipinski definition) is 1. The molecule has 42 heavy (non-hydrogen) atoms. The lowest BCUT2D eigenvalue weighted by Gasteiger charge is -2.45. The Balaban J connectivity index is 0.000000892. The highest BCUT2D eigenvalue weighted by Gasteiger charge is 2.46. The van der Waals surface area contributed by atoms with Crippen LogP contribution >= 0.6 is 0 Å². The lowest BCUT2D eigenvalue weighted by atomic mass is 9.79. The van der Waals surface area contributed by atoms with Gasteiger partial charge in [0.2, 0.25) is 0 Å². The van der Waals surface area contributed by atoms with Gasteiger partial charge in [0.15, 0.2) is 12.4 Å². The molecule has 3 aromatic rings. The van der Waals surface area contributed by atoms with Crippen LogP contribution in [0.4, 0.5) is 0 Å². The van der Waals surface area contributed by atoms with Gasteiger partial charge in [0, 0.05) is 26.9 Å². The van der Waals surface area contributed by atoms with E-state index < -0.39 is 18.0 Å². The molecule has 0 radical (unpaired) electrons. The fourth-order valence-electron chi connectivity index (χ4n) is 5.14. The third kappa shape index (κ3) is 7.83. The Labute approximate surface area is 248 Å². The first-order valence-corrected chi connectivity index (χ1v) is 14.0. The molecule has 1 aliphatic heterocycles. The van der Waals surface area contributed by atoms with Crippen LogP contribution < -0.4 is 0 Å².